The van der Waals surface area contributed by atoms with Crippen LogP contribution in [0.3, 0.4) is 0 Å². The van der Waals surface area contributed by atoms with Crippen molar-refractivity contribution in [2.75, 3.05) is 32.0 Å². The number of carbonyl (C=O) groups excluding carboxylic acids is 3. The summed E-state index contributed by atoms with van der Waals surface area (Å²) < 4.78 is 39.4. The molecule has 0 fully saturated rings. The van der Waals surface area contributed by atoms with E-state index < -0.39 is 41.0 Å². The molecule has 0 bridgehead atoms. The Balaban J connectivity index is 2.48. The standard InChI is InChI=1S/C15H19F3N4O3/c1-3-6-19-15(25)21-12(24)8-22(2)7-11(23)20-10-5-4-9(16)13(17)14(10)18/h4-5H,3,6-8H2,1-2H3,(H,20,23)(H2,19,21,24,25). The summed E-state index contributed by atoms with van der Waals surface area (Å²) in [7, 11) is 1.42. The number of anilines is 1. The Bertz CT molecular complexity index is 655. The Labute approximate surface area is 142 Å². The lowest BCUT2D eigenvalue weighted by Crippen LogP contribution is -2.45. The number of hydrogen-bond donors (Lipinski definition) is 3. The number of amides is 4. The number of likely N-dealkylation sites (N-methyl/N-ethyl adjacent to an activating group) is 1. The van der Waals surface area contributed by atoms with E-state index in [1.54, 1.807) is 0 Å². The third-order valence-electron chi connectivity index (χ3n) is 2.92. The molecule has 138 valence electrons. The van der Waals surface area contributed by atoms with Gasteiger partial charge in [-0.05, 0) is 25.6 Å². The maximum absolute atomic E-state index is 13.5. The molecule has 7 nitrogen and oxygen atoms in total. The highest BCUT2D eigenvalue weighted by atomic mass is 19.2. The van der Waals surface area contributed by atoms with Gasteiger partial charge in [0.1, 0.15) is 0 Å². The lowest BCUT2D eigenvalue weighted by molar-refractivity contribution is -0.122. The zero-order valence-corrected chi connectivity index (χ0v) is 13.8. The molecule has 1 aromatic rings. The summed E-state index contributed by atoms with van der Waals surface area (Å²) in [4.78, 5) is 35.9. The maximum Gasteiger partial charge on any atom is 0.321 e. The fourth-order valence-corrected chi connectivity index (χ4v) is 1.81. The lowest BCUT2D eigenvalue weighted by Gasteiger charge is -2.16. The van der Waals surface area contributed by atoms with Crippen molar-refractivity contribution in [1.82, 2.24) is 15.5 Å². The number of halogens is 3. The van der Waals surface area contributed by atoms with E-state index in [0.717, 1.165) is 6.07 Å². The second kappa shape index (κ2) is 9.62. The fourth-order valence-electron chi connectivity index (χ4n) is 1.81. The minimum atomic E-state index is -1.69. The van der Waals surface area contributed by atoms with Crippen LogP contribution in [0.5, 0.6) is 0 Å². The smallest absolute Gasteiger partial charge is 0.321 e. The molecule has 0 radical (unpaired) electrons. The van der Waals surface area contributed by atoms with E-state index in [2.05, 4.69) is 16.0 Å². The second-order valence-electron chi connectivity index (χ2n) is 5.25. The van der Waals surface area contributed by atoms with Gasteiger partial charge in [0.15, 0.2) is 17.5 Å². The van der Waals surface area contributed by atoms with Gasteiger partial charge < -0.3 is 10.6 Å². The minimum absolute atomic E-state index is 0.271. The molecule has 0 aliphatic carbocycles. The van der Waals surface area contributed by atoms with Crippen LogP contribution in [0.25, 0.3) is 0 Å². The molecule has 0 aliphatic heterocycles. The van der Waals surface area contributed by atoms with Crippen LogP contribution in [-0.2, 0) is 9.59 Å². The third kappa shape index (κ3) is 6.79. The van der Waals surface area contributed by atoms with E-state index in [-0.39, 0.29) is 13.1 Å². The maximum atomic E-state index is 13.5. The Morgan fingerprint density at radius 1 is 1.04 bits per heavy atom. The van der Waals surface area contributed by atoms with Crippen LogP contribution in [0.15, 0.2) is 12.1 Å². The van der Waals surface area contributed by atoms with Gasteiger partial charge in [-0.3, -0.25) is 19.8 Å². The van der Waals surface area contributed by atoms with Crippen LogP contribution in [0.1, 0.15) is 13.3 Å². The van der Waals surface area contributed by atoms with E-state index in [4.69, 9.17) is 0 Å². The predicted octanol–water partition coefficient (Wildman–Crippen LogP) is 1.21. The highest BCUT2D eigenvalue weighted by Gasteiger charge is 2.17. The van der Waals surface area contributed by atoms with Gasteiger partial charge in [-0.15, -0.1) is 0 Å². The van der Waals surface area contributed by atoms with Crippen LogP contribution in [-0.4, -0.2) is 49.4 Å². The van der Waals surface area contributed by atoms with Gasteiger partial charge in [0.25, 0.3) is 0 Å². The Morgan fingerprint density at radius 2 is 1.68 bits per heavy atom. The average Bonchev–Trinajstić information content (AvgIpc) is 2.53. The number of carbonyl (C=O) groups is 3. The molecule has 0 saturated heterocycles. The summed E-state index contributed by atoms with van der Waals surface area (Å²) in [5.41, 5.74) is -0.513. The normalized spacial score (nSPS) is 10.5. The van der Waals surface area contributed by atoms with Crippen LogP contribution < -0.4 is 16.0 Å². The molecule has 0 aliphatic rings. The number of nitrogens with one attached hydrogen (secondary N) is 3. The topological polar surface area (TPSA) is 90.5 Å². The first-order chi connectivity index (χ1) is 11.7. The molecule has 0 unspecified atom stereocenters. The molecule has 0 saturated carbocycles. The van der Waals surface area contributed by atoms with Crippen molar-refractivity contribution in [3.63, 3.8) is 0 Å². The van der Waals surface area contributed by atoms with Crippen molar-refractivity contribution in [2.45, 2.75) is 13.3 Å². The van der Waals surface area contributed by atoms with Gasteiger partial charge in [-0.1, -0.05) is 6.92 Å². The Hall–Kier alpha value is -2.62. The quantitative estimate of drug-likeness (QED) is 0.638. The van der Waals surface area contributed by atoms with Crippen molar-refractivity contribution in [3.8, 4) is 0 Å². The molecule has 0 atom stereocenters. The summed E-state index contributed by atoms with van der Waals surface area (Å²) in [6.07, 6.45) is 0.711. The largest absolute Gasteiger partial charge is 0.338 e. The molecular formula is C15H19F3N4O3. The number of rotatable bonds is 7. The summed E-state index contributed by atoms with van der Waals surface area (Å²) >= 11 is 0. The number of urea groups is 1. The van der Waals surface area contributed by atoms with E-state index in [1.807, 2.05) is 6.92 Å². The van der Waals surface area contributed by atoms with Gasteiger partial charge in [-0.25, -0.2) is 18.0 Å². The molecule has 0 heterocycles. The molecule has 1 aromatic carbocycles. The summed E-state index contributed by atoms with van der Waals surface area (Å²) in [6.45, 7) is 1.66. The molecule has 1 rings (SSSR count). The van der Waals surface area contributed by atoms with Gasteiger partial charge >= 0.3 is 6.03 Å². The number of hydrogen-bond acceptors (Lipinski definition) is 4. The zero-order chi connectivity index (χ0) is 19.0. The van der Waals surface area contributed by atoms with Crippen LogP contribution in [0.2, 0.25) is 0 Å². The molecule has 25 heavy (non-hydrogen) atoms. The number of nitrogens with zero attached hydrogens (tertiary/aromatic N) is 1. The first-order valence-electron chi connectivity index (χ1n) is 7.44. The average molecular weight is 360 g/mol. The van der Waals surface area contributed by atoms with Crippen molar-refractivity contribution in [3.05, 3.63) is 29.6 Å². The lowest BCUT2D eigenvalue weighted by atomic mass is 10.2. The van der Waals surface area contributed by atoms with E-state index in [0.29, 0.717) is 19.0 Å². The highest BCUT2D eigenvalue weighted by molar-refractivity contribution is 5.96. The number of benzene rings is 1. The SMILES string of the molecule is CCCNC(=O)NC(=O)CN(C)CC(=O)Nc1ccc(F)c(F)c1F. The molecule has 10 heteroatoms. The molecule has 0 aromatic heterocycles. The summed E-state index contributed by atoms with van der Waals surface area (Å²) in [6, 6.07) is 0.921. The first kappa shape index (κ1) is 20.4. The van der Waals surface area contributed by atoms with Crippen molar-refractivity contribution in [1.29, 1.82) is 0 Å². The van der Waals surface area contributed by atoms with E-state index in [1.165, 1.54) is 11.9 Å². The molecule has 4 amide bonds. The summed E-state index contributed by atoms with van der Waals surface area (Å²) in [5, 5.41) is 6.61. The van der Waals surface area contributed by atoms with Crippen molar-refractivity contribution >= 4 is 23.5 Å². The first-order valence-corrected chi connectivity index (χ1v) is 7.44. The highest BCUT2D eigenvalue weighted by Crippen LogP contribution is 2.19. The van der Waals surface area contributed by atoms with E-state index >= 15 is 0 Å². The van der Waals surface area contributed by atoms with E-state index in [9.17, 15) is 27.6 Å². The van der Waals surface area contributed by atoms with Crippen LogP contribution in [0.4, 0.5) is 23.7 Å². The number of imide groups is 1. The monoisotopic (exact) mass is 360 g/mol. The fraction of sp³-hybridized carbons (Fsp3) is 0.400. The Morgan fingerprint density at radius 3 is 2.32 bits per heavy atom. The van der Waals surface area contributed by atoms with Gasteiger partial charge in [0, 0.05) is 6.54 Å². The predicted molar refractivity (Wildman–Crippen MR) is 84.3 cm³/mol. The van der Waals surface area contributed by atoms with Crippen LogP contribution in [0, 0.1) is 17.5 Å². The van der Waals surface area contributed by atoms with Gasteiger partial charge in [0.05, 0.1) is 18.8 Å². The van der Waals surface area contributed by atoms with Crippen LogP contribution >= 0.6 is 0 Å². The second-order valence-corrected chi connectivity index (χ2v) is 5.25. The zero-order valence-electron chi connectivity index (χ0n) is 13.8. The minimum Gasteiger partial charge on any atom is -0.338 e. The third-order valence-corrected chi connectivity index (χ3v) is 2.92. The molecular weight excluding hydrogens is 341 g/mol. The van der Waals surface area contributed by atoms with Gasteiger partial charge in [0.2, 0.25) is 11.8 Å². The Kier molecular flexibility index (Phi) is 7.86. The molecule has 3 N–H and O–H groups in total. The van der Waals surface area contributed by atoms with Crippen molar-refractivity contribution in [2.24, 2.45) is 0 Å². The van der Waals surface area contributed by atoms with Gasteiger partial charge in [-0.2, -0.15) is 0 Å². The molecule has 0 spiro atoms. The van der Waals surface area contributed by atoms with Crippen molar-refractivity contribution < 1.29 is 27.6 Å². The summed E-state index contributed by atoms with van der Waals surface area (Å²) in [5.74, 6) is -5.95.